The number of halogens is 1. The molecule has 1 N–H and O–H groups in total. The summed E-state index contributed by atoms with van der Waals surface area (Å²) in [5, 5.41) is 3.20. The summed E-state index contributed by atoms with van der Waals surface area (Å²) in [5.74, 6) is -0.133. The van der Waals surface area contributed by atoms with Gasteiger partial charge in [-0.05, 0) is 44.5 Å². The van der Waals surface area contributed by atoms with Crippen LogP contribution in [-0.4, -0.2) is 7.05 Å². The van der Waals surface area contributed by atoms with Crippen molar-refractivity contribution in [1.29, 1.82) is 0 Å². The number of hydrogen-bond donors (Lipinski definition) is 1. The lowest BCUT2D eigenvalue weighted by molar-refractivity contribution is 0.533. The molecule has 0 heterocycles. The van der Waals surface area contributed by atoms with Crippen molar-refractivity contribution in [3.63, 3.8) is 0 Å². The van der Waals surface area contributed by atoms with Gasteiger partial charge in [-0.1, -0.05) is 42.0 Å². The summed E-state index contributed by atoms with van der Waals surface area (Å²) in [6.45, 7) is 3.97. The maximum absolute atomic E-state index is 14.0. The largest absolute Gasteiger partial charge is 0.313 e. The van der Waals surface area contributed by atoms with Crippen LogP contribution in [0.5, 0.6) is 0 Å². The summed E-state index contributed by atoms with van der Waals surface area (Å²) in [7, 11) is 1.87. The van der Waals surface area contributed by atoms with Crippen LogP contribution in [0.4, 0.5) is 4.39 Å². The van der Waals surface area contributed by atoms with Crippen LogP contribution in [0.25, 0.3) is 0 Å². The minimum atomic E-state index is -0.133. The second-order valence-corrected chi connectivity index (χ2v) is 5.06. The normalized spacial score (nSPS) is 12.4. The fourth-order valence-electron chi connectivity index (χ4n) is 2.24. The highest BCUT2D eigenvalue weighted by molar-refractivity contribution is 5.29. The van der Waals surface area contributed by atoms with E-state index in [2.05, 4.69) is 36.5 Å². The third kappa shape index (κ3) is 3.42. The molecule has 0 aliphatic heterocycles. The minimum Gasteiger partial charge on any atom is -0.313 e. The topological polar surface area (TPSA) is 12.0 Å². The number of hydrogen-bond acceptors (Lipinski definition) is 1. The van der Waals surface area contributed by atoms with Crippen molar-refractivity contribution in [2.75, 3.05) is 7.05 Å². The van der Waals surface area contributed by atoms with Gasteiger partial charge in [0.1, 0.15) is 5.82 Å². The third-order valence-corrected chi connectivity index (χ3v) is 3.44. The van der Waals surface area contributed by atoms with Crippen molar-refractivity contribution < 1.29 is 4.39 Å². The Balaban J connectivity index is 2.22. The van der Waals surface area contributed by atoms with Crippen LogP contribution < -0.4 is 5.32 Å². The Morgan fingerprint density at radius 2 is 1.63 bits per heavy atom. The molecule has 1 atom stereocenters. The van der Waals surface area contributed by atoms with Crippen LogP contribution in [0.15, 0.2) is 42.5 Å². The van der Waals surface area contributed by atoms with Crippen molar-refractivity contribution in [2.24, 2.45) is 0 Å². The second kappa shape index (κ2) is 5.98. The molecule has 1 unspecified atom stereocenters. The van der Waals surface area contributed by atoms with Gasteiger partial charge in [0.15, 0.2) is 0 Å². The first-order valence-electron chi connectivity index (χ1n) is 6.59. The summed E-state index contributed by atoms with van der Waals surface area (Å²) in [6, 6.07) is 13.8. The van der Waals surface area contributed by atoms with E-state index in [1.807, 2.05) is 26.1 Å². The van der Waals surface area contributed by atoms with E-state index in [0.717, 1.165) is 17.5 Å². The van der Waals surface area contributed by atoms with Crippen molar-refractivity contribution in [2.45, 2.75) is 26.3 Å². The summed E-state index contributed by atoms with van der Waals surface area (Å²) in [6.07, 6.45) is 0.788. The zero-order chi connectivity index (χ0) is 13.8. The molecule has 2 aromatic carbocycles. The second-order valence-electron chi connectivity index (χ2n) is 5.06. The highest BCUT2D eigenvalue weighted by Crippen LogP contribution is 2.22. The number of rotatable bonds is 4. The van der Waals surface area contributed by atoms with Gasteiger partial charge in [-0.2, -0.15) is 0 Å². The van der Waals surface area contributed by atoms with Crippen molar-refractivity contribution in [1.82, 2.24) is 5.32 Å². The summed E-state index contributed by atoms with van der Waals surface area (Å²) >= 11 is 0. The molecule has 0 bridgehead atoms. The van der Waals surface area contributed by atoms with Crippen LogP contribution in [-0.2, 0) is 6.42 Å². The Bertz CT molecular complexity index is 546. The molecule has 0 radical (unpaired) electrons. The first-order chi connectivity index (χ1) is 9.10. The smallest absolute Gasteiger partial charge is 0.128 e. The van der Waals surface area contributed by atoms with Gasteiger partial charge in [-0.15, -0.1) is 0 Å². The molecule has 0 aliphatic rings. The zero-order valence-corrected chi connectivity index (χ0v) is 11.7. The Morgan fingerprint density at radius 1 is 1.00 bits per heavy atom. The van der Waals surface area contributed by atoms with Gasteiger partial charge >= 0.3 is 0 Å². The van der Waals surface area contributed by atoms with E-state index in [0.29, 0.717) is 0 Å². The highest BCUT2D eigenvalue weighted by atomic mass is 19.1. The van der Waals surface area contributed by atoms with Crippen molar-refractivity contribution in [3.8, 4) is 0 Å². The van der Waals surface area contributed by atoms with Gasteiger partial charge in [0.2, 0.25) is 0 Å². The van der Waals surface area contributed by atoms with Crippen LogP contribution in [0, 0.1) is 19.7 Å². The van der Waals surface area contributed by atoms with Gasteiger partial charge < -0.3 is 5.32 Å². The van der Waals surface area contributed by atoms with Crippen LogP contribution in [0.3, 0.4) is 0 Å². The molecule has 19 heavy (non-hydrogen) atoms. The van der Waals surface area contributed by atoms with E-state index in [1.165, 1.54) is 11.1 Å². The van der Waals surface area contributed by atoms with Crippen molar-refractivity contribution >= 4 is 0 Å². The molecule has 2 rings (SSSR count). The van der Waals surface area contributed by atoms with Crippen LogP contribution in [0.1, 0.15) is 28.3 Å². The molecule has 0 spiro atoms. The Kier molecular flexibility index (Phi) is 4.33. The van der Waals surface area contributed by atoms with Gasteiger partial charge in [-0.25, -0.2) is 4.39 Å². The predicted molar refractivity (Wildman–Crippen MR) is 77.8 cm³/mol. The maximum Gasteiger partial charge on any atom is 0.128 e. The molecular weight excluding hydrogens is 237 g/mol. The molecule has 0 saturated carbocycles. The lowest BCUT2D eigenvalue weighted by Crippen LogP contribution is -2.20. The van der Waals surface area contributed by atoms with Crippen LogP contribution in [0.2, 0.25) is 0 Å². The number of benzene rings is 2. The quantitative estimate of drug-likeness (QED) is 0.874. The first kappa shape index (κ1) is 13.8. The van der Waals surface area contributed by atoms with E-state index < -0.39 is 0 Å². The van der Waals surface area contributed by atoms with E-state index in [9.17, 15) is 4.39 Å². The van der Waals surface area contributed by atoms with E-state index >= 15 is 0 Å². The van der Waals surface area contributed by atoms with Gasteiger partial charge in [0.05, 0.1) is 0 Å². The van der Waals surface area contributed by atoms with Gasteiger partial charge in [0, 0.05) is 11.6 Å². The fourth-order valence-corrected chi connectivity index (χ4v) is 2.24. The first-order valence-corrected chi connectivity index (χ1v) is 6.59. The maximum atomic E-state index is 14.0. The SMILES string of the molecule is CNC(Cc1ccc(C)cc1)c1ccc(C)cc1F. The summed E-state index contributed by atoms with van der Waals surface area (Å²) in [4.78, 5) is 0. The average Bonchev–Trinajstić information content (AvgIpc) is 2.39. The molecule has 0 saturated heterocycles. The Labute approximate surface area is 114 Å². The van der Waals surface area contributed by atoms with Crippen LogP contribution >= 0.6 is 0 Å². The van der Waals surface area contributed by atoms with E-state index in [-0.39, 0.29) is 11.9 Å². The van der Waals surface area contributed by atoms with E-state index in [1.54, 1.807) is 6.07 Å². The molecule has 0 fully saturated rings. The zero-order valence-electron chi connectivity index (χ0n) is 11.7. The van der Waals surface area contributed by atoms with Gasteiger partial charge in [-0.3, -0.25) is 0 Å². The predicted octanol–water partition coefficient (Wildman–Crippen LogP) is 3.95. The molecule has 0 aromatic heterocycles. The molecular formula is C17H20FN. The fraction of sp³-hybridized carbons (Fsp3) is 0.294. The van der Waals surface area contributed by atoms with Gasteiger partial charge in [0.25, 0.3) is 0 Å². The minimum absolute atomic E-state index is 0.00306. The summed E-state index contributed by atoms with van der Waals surface area (Å²) < 4.78 is 14.0. The molecule has 0 amide bonds. The Hall–Kier alpha value is -1.67. The standard InChI is InChI=1S/C17H20FN/c1-12-4-7-14(8-5-12)11-17(19-3)15-9-6-13(2)10-16(15)18/h4-10,17,19H,11H2,1-3H3. The lowest BCUT2D eigenvalue weighted by atomic mass is 9.97. The molecule has 0 aliphatic carbocycles. The van der Waals surface area contributed by atoms with E-state index in [4.69, 9.17) is 0 Å². The monoisotopic (exact) mass is 257 g/mol. The molecule has 100 valence electrons. The molecule has 2 aromatic rings. The highest BCUT2D eigenvalue weighted by Gasteiger charge is 2.14. The number of likely N-dealkylation sites (N-methyl/N-ethyl adjacent to an activating group) is 1. The molecule has 2 heteroatoms. The number of aryl methyl sites for hydroxylation is 2. The number of nitrogens with one attached hydrogen (secondary N) is 1. The lowest BCUT2D eigenvalue weighted by Gasteiger charge is -2.18. The average molecular weight is 257 g/mol. The van der Waals surface area contributed by atoms with Crippen molar-refractivity contribution in [3.05, 3.63) is 70.5 Å². The summed E-state index contributed by atoms with van der Waals surface area (Å²) in [5.41, 5.74) is 4.14. The Morgan fingerprint density at radius 3 is 2.21 bits per heavy atom. The molecule has 1 nitrogen and oxygen atoms in total. The third-order valence-electron chi connectivity index (χ3n) is 3.44.